The summed E-state index contributed by atoms with van der Waals surface area (Å²) in [6.45, 7) is 5.00. The third kappa shape index (κ3) is 3.96. The van der Waals surface area contributed by atoms with Gasteiger partial charge in [-0.3, -0.25) is 14.6 Å². The Morgan fingerprint density at radius 3 is 2.62 bits per heavy atom. The lowest BCUT2D eigenvalue weighted by molar-refractivity contribution is 0.0773. The smallest absolute Gasteiger partial charge is 0.274 e. The summed E-state index contributed by atoms with van der Waals surface area (Å²) >= 11 is 0. The summed E-state index contributed by atoms with van der Waals surface area (Å²) in [5, 5.41) is 11.6. The van der Waals surface area contributed by atoms with Gasteiger partial charge in [0.1, 0.15) is 5.69 Å². The number of hydrogen-bond donors (Lipinski definition) is 1. The Labute approximate surface area is 140 Å². The van der Waals surface area contributed by atoms with E-state index in [4.69, 9.17) is 5.26 Å². The lowest BCUT2D eigenvalue weighted by Crippen LogP contribution is -2.30. The van der Waals surface area contributed by atoms with Crippen molar-refractivity contribution in [1.82, 2.24) is 9.88 Å². The molecular formula is C18H18N4O2. The number of nitrogens with zero attached hydrogens (tertiary/aromatic N) is 3. The minimum absolute atomic E-state index is 0.136. The molecule has 1 aromatic heterocycles. The van der Waals surface area contributed by atoms with Crippen LogP contribution in [0.1, 0.15) is 40.3 Å². The summed E-state index contributed by atoms with van der Waals surface area (Å²) in [7, 11) is 0. The Bertz CT molecular complexity index is 792. The molecule has 1 aromatic carbocycles. The first kappa shape index (κ1) is 17.2. The number of rotatable bonds is 5. The van der Waals surface area contributed by atoms with Crippen molar-refractivity contribution in [3.05, 3.63) is 59.4 Å². The summed E-state index contributed by atoms with van der Waals surface area (Å²) in [5.41, 5.74) is 1.52. The Kier molecular flexibility index (Phi) is 5.63. The molecule has 0 bridgehead atoms. The minimum Gasteiger partial charge on any atom is -0.339 e. The van der Waals surface area contributed by atoms with Gasteiger partial charge in [0.15, 0.2) is 0 Å². The molecule has 0 fully saturated rings. The number of carbonyl (C=O) groups excluding carboxylic acids is 2. The van der Waals surface area contributed by atoms with E-state index in [1.807, 2.05) is 19.9 Å². The molecule has 0 saturated heterocycles. The Hall–Kier alpha value is -3.20. The van der Waals surface area contributed by atoms with E-state index in [0.717, 1.165) is 0 Å². The molecule has 0 saturated carbocycles. The molecule has 6 heteroatoms. The third-order valence-electron chi connectivity index (χ3n) is 3.54. The van der Waals surface area contributed by atoms with Crippen LogP contribution in [0, 0.1) is 11.3 Å². The molecule has 0 unspecified atom stereocenters. The van der Waals surface area contributed by atoms with Gasteiger partial charge in [0.25, 0.3) is 11.8 Å². The van der Waals surface area contributed by atoms with Crippen molar-refractivity contribution in [2.75, 3.05) is 18.4 Å². The van der Waals surface area contributed by atoms with Gasteiger partial charge in [-0.1, -0.05) is 6.07 Å². The maximum atomic E-state index is 12.4. The zero-order chi connectivity index (χ0) is 17.5. The van der Waals surface area contributed by atoms with Gasteiger partial charge in [0.2, 0.25) is 0 Å². The van der Waals surface area contributed by atoms with Crippen LogP contribution in [0.4, 0.5) is 5.69 Å². The standard InChI is InChI=1S/C18H18N4O2/c1-3-22(4-2)18(24)14-8-9-20-16(11-14)17(23)21-15-7-5-6-13(10-15)12-19/h5-11H,3-4H2,1-2H3,(H,21,23). The van der Waals surface area contributed by atoms with Crippen molar-refractivity contribution < 1.29 is 9.59 Å². The Morgan fingerprint density at radius 2 is 1.96 bits per heavy atom. The molecule has 2 aromatic rings. The fourth-order valence-corrected chi connectivity index (χ4v) is 2.24. The van der Waals surface area contributed by atoms with Crippen molar-refractivity contribution in [3.63, 3.8) is 0 Å². The topological polar surface area (TPSA) is 86.1 Å². The van der Waals surface area contributed by atoms with Crippen LogP contribution in [-0.2, 0) is 0 Å². The summed E-state index contributed by atoms with van der Waals surface area (Å²) in [6, 6.07) is 11.7. The summed E-state index contributed by atoms with van der Waals surface area (Å²) in [5.74, 6) is -0.567. The molecule has 2 rings (SSSR count). The van der Waals surface area contributed by atoms with Gasteiger partial charge in [-0.2, -0.15) is 5.26 Å². The second-order valence-corrected chi connectivity index (χ2v) is 5.05. The van der Waals surface area contributed by atoms with E-state index in [1.54, 1.807) is 35.2 Å². The van der Waals surface area contributed by atoms with E-state index >= 15 is 0 Å². The summed E-state index contributed by atoms with van der Waals surface area (Å²) in [6.07, 6.45) is 1.44. The van der Waals surface area contributed by atoms with Crippen LogP contribution in [0.2, 0.25) is 0 Å². The zero-order valence-electron chi connectivity index (χ0n) is 13.6. The monoisotopic (exact) mass is 322 g/mol. The first-order valence-electron chi connectivity index (χ1n) is 7.65. The van der Waals surface area contributed by atoms with E-state index < -0.39 is 5.91 Å². The Morgan fingerprint density at radius 1 is 1.21 bits per heavy atom. The van der Waals surface area contributed by atoms with E-state index in [1.165, 1.54) is 12.3 Å². The summed E-state index contributed by atoms with van der Waals surface area (Å²) < 4.78 is 0. The maximum absolute atomic E-state index is 12.4. The number of benzene rings is 1. The number of aromatic nitrogens is 1. The van der Waals surface area contributed by atoms with E-state index in [2.05, 4.69) is 10.3 Å². The van der Waals surface area contributed by atoms with Crippen molar-refractivity contribution in [1.29, 1.82) is 5.26 Å². The molecular weight excluding hydrogens is 304 g/mol. The van der Waals surface area contributed by atoms with Crippen molar-refractivity contribution in [2.24, 2.45) is 0 Å². The number of anilines is 1. The number of hydrogen-bond acceptors (Lipinski definition) is 4. The van der Waals surface area contributed by atoms with Gasteiger partial charge < -0.3 is 10.2 Å². The molecule has 1 heterocycles. The molecule has 0 spiro atoms. The van der Waals surface area contributed by atoms with Crippen LogP contribution < -0.4 is 5.32 Å². The molecule has 0 atom stereocenters. The average Bonchev–Trinajstić information content (AvgIpc) is 2.63. The average molecular weight is 322 g/mol. The quantitative estimate of drug-likeness (QED) is 0.917. The first-order chi connectivity index (χ1) is 11.6. The number of amides is 2. The normalized spacial score (nSPS) is 9.88. The van der Waals surface area contributed by atoms with Gasteiger partial charge in [-0.15, -0.1) is 0 Å². The predicted molar refractivity (Wildman–Crippen MR) is 90.6 cm³/mol. The third-order valence-corrected chi connectivity index (χ3v) is 3.54. The molecule has 1 N–H and O–H groups in total. The minimum atomic E-state index is -0.431. The summed E-state index contributed by atoms with van der Waals surface area (Å²) in [4.78, 5) is 30.4. The highest BCUT2D eigenvalue weighted by Gasteiger charge is 2.15. The Balaban J connectivity index is 2.20. The molecule has 0 aliphatic heterocycles. The van der Waals surface area contributed by atoms with Crippen molar-refractivity contribution >= 4 is 17.5 Å². The highest BCUT2D eigenvalue weighted by molar-refractivity contribution is 6.04. The fraction of sp³-hybridized carbons (Fsp3) is 0.222. The fourth-order valence-electron chi connectivity index (χ4n) is 2.24. The highest BCUT2D eigenvalue weighted by atomic mass is 16.2. The van der Waals surface area contributed by atoms with Crippen molar-refractivity contribution in [3.8, 4) is 6.07 Å². The largest absolute Gasteiger partial charge is 0.339 e. The second-order valence-electron chi connectivity index (χ2n) is 5.05. The molecule has 0 aliphatic carbocycles. The van der Waals surface area contributed by atoms with E-state index in [0.29, 0.717) is 29.9 Å². The van der Waals surface area contributed by atoms with Crippen LogP contribution in [0.5, 0.6) is 0 Å². The second kappa shape index (κ2) is 7.88. The first-order valence-corrected chi connectivity index (χ1v) is 7.65. The number of pyridine rings is 1. The van der Waals surface area contributed by atoms with E-state index in [9.17, 15) is 9.59 Å². The van der Waals surface area contributed by atoms with Gasteiger partial charge in [0, 0.05) is 30.5 Å². The van der Waals surface area contributed by atoms with Crippen LogP contribution in [-0.4, -0.2) is 34.8 Å². The SMILES string of the molecule is CCN(CC)C(=O)c1ccnc(C(=O)Nc2cccc(C#N)c2)c1. The molecule has 2 amide bonds. The molecule has 0 aliphatic rings. The van der Waals surface area contributed by atoms with Gasteiger partial charge in [-0.05, 0) is 44.2 Å². The lowest BCUT2D eigenvalue weighted by Gasteiger charge is -2.18. The number of nitriles is 1. The van der Waals surface area contributed by atoms with E-state index in [-0.39, 0.29) is 11.6 Å². The molecule has 0 radical (unpaired) electrons. The predicted octanol–water partition coefficient (Wildman–Crippen LogP) is 2.69. The van der Waals surface area contributed by atoms with Gasteiger partial charge >= 0.3 is 0 Å². The molecule has 122 valence electrons. The number of carbonyl (C=O) groups is 2. The van der Waals surface area contributed by atoms with Crippen LogP contribution >= 0.6 is 0 Å². The lowest BCUT2D eigenvalue weighted by atomic mass is 10.2. The van der Waals surface area contributed by atoms with Gasteiger partial charge in [0.05, 0.1) is 11.6 Å². The number of nitrogens with one attached hydrogen (secondary N) is 1. The van der Waals surface area contributed by atoms with Crippen molar-refractivity contribution in [2.45, 2.75) is 13.8 Å². The molecule has 24 heavy (non-hydrogen) atoms. The van der Waals surface area contributed by atoms with Crippen LogP contribution in [0.25, 0.3) is 0 Å². The molecule has 6 nitrogen and oxygen atoms in total. The van der Waals surface area contributed by atoms with Gasteiger partial charge in [-0.25, -0.2) is 0 Å². The highest BCUT2D eigenvalue weighted by Crippen LogP contribution is 2.12. The van der Waals surface area contributed by atoms with Crippen LogP contribution in [0.15, 0.2) is 42.6 Å². The maximum Gasteiger partial charge on any atom is 0.274 e. The zero-order valence-corrected chi connectivity index (χ0v) is 13.6. The van der Waals surface area contributed by atoms with Crippen LogP contribution in [0.3, 0.4) is 0 Å².